The molecule has 2 aliphatic rings. The van der Waals surface area contributed by atoms with Crippen molar-refractivity contribution >= 4 is 26.0 Å². The van der Waals surface area contributed by atoms with E-state index in [0.717, 1.165) is 0 Å². The number of nitrogens with zero attached hydrogens (tertiary/aromatic N) is 2. The second-order valence-corrected chi connectivity index (χ2v) is 12.0. The number of sulfonamides is 2. The summed E-state index contributed by atoms with van der Waals surface area (Å²) in [5.74, 6) is 0.115. The summed E-state index contributed by atoms with van der Waals surface area (Å²) >= 11 is 0. The highest BCUT2D eigenvalue weighted by Gasteiger charge is 2.27. The largest absolute Gasteiger partial charge is 0.492 e. The molecule has 4 rings (SSSR count). The van der Waals surface area contributed by atoms with E-state index in [1.807, 2.05) is 0 Å². The Kier molecular flexibility index (Phi) is 8.59. The summed E-state index contributed by atoms with van der Waals surface area (Å²) in [7, 11) is -7.19. The number of rotatable bonds is 9. The van der Waals surface area contributed by atoms with Gasteiger partial charge in [-0.05, 0) is 48.5 Å². The highest BCUT2D eigenvalue weighted by Crippen LogP contribution is 2.21. The monoisotopic (exact) mass is 539 g/mol. The SMILES string of the molecule is O=C(NCCOc1ccc(S(=O)(=O)N2CCOCC2)cc1)c1ccc(S(=O)(=O)N2CCOCC2)cc1. The van der Waals surface area contributed by atoms with Crippen molar-refractivity contribution in [3.8, 4) is 5.75 Å². The van der Waals surface area contributed by atoms with E-state index >= 15 is 0 Å². The van der Waals surface area contributed by atoms with Crippen LogP contribution in [0.5, 0.6) is 5.75 Å². The number of hydrogen-bond acceptors (Lipinski definition) is 8. The van der Waals surface area contributed by atoms with Gasteiger partial charge in [0.1, 0.15) is 12.4 Å². The van der Waals surface area contributed by atoms with E-state index in [1.54, 1.807) is 12.1 Å². The number of morpholine rings is 2. The summed E-state index contributed by atoms with van der Waals surface area (Å²) in [6.07, 6.45) is 0. The van der Waals surface area contributed by atoms with Crippen molar-refractivity contribution in [2.75, 3.05) is 65.8 Å². The second-order valence-electron chi connectivity index (χ2n) is 8.13. The van der Waals surface area contributed by atoms with Crippen molar-refractivity contribution in [2.24, 2.45) is 0 Å². The number of hydrogen-bond donors (Lipinski definition) is 1. The van der Waals surface area contributed by atoms with Crippen molar-refractivity contribution in [2.45, 2.75) is 9.79 Å². The molecule has 36 heavy (non-hydrogen) atoms. The molecule has 2 aromatic carbocycles. The number of nitrogens with one attached hydrogen (secondary N) is 1. The van der Waals surface area contributed by atoms with Gasteiger partial charge in [-0.2, -0.15) is 8.61 Å². The lowest BCUT2D eigenvalue weighted by atomic mass is 10.2. The maximum atomic E-state index is 12.7. The van der Waals surface area contributed by atoms with Crippen molar-refractivity contribution < 1.29 is 35.8 Å². The Morgan fingerprint density at radius 2 is 1.19 bits per heavy atom. The van der Waals surface area contributed by atoms with Crippen molar-refractivity contribution in [1.29, 1.82) is 0 Å². The molecule has 0 unspecified atom stereocenters. The first kappa shape index (κ1) is 26.5. The minimum atomic E-state index is -3.62. The molecule has 0 saturated carbocycles. The number of ether oxygens (including phenoxy) is 3. The van der Waals surface area contributed by atoms with Crippen LogP contribution >= 0.6 is 0 Å². The van der Waals surface area contributed by atoms with Crippen LogP contribution in [0.15, 0.2) is 58.3 Å². The lowest BCUT2D eigenvalue weighted by Gasteiger charge is -2.26. The van der Waals surface area contributed by atoms with Crippen LogP contribution in [0, 0.1) is 0 Å². The molecule has 196 valence electrons. The van der Waals surface area contributed by atoms with Gasteiger partial charge >= 0.3 is 0 Å². The van der Waals surface area contributed by atoms with Crippen molar-refractivity contribution in [3.63, 3.8) is 0 Å². The van der Waals surface area contributed by atoms with Gasteiger partial charge < -0.3 is 19.5 Å². The maximum absolute atomic E-state index is 12.7. The summed E-state index contributed by atoms with van der Waals surface area (Å²) < 4.78 is 69.5. The number of benzene rings is 2. The van der Waals surface area contributed by atoms with Crippen LogP contribution < -0.4 is 10.1 Å². The summed E-state index contributed by atoms with van der Waals surface area (Å²) in [6.45, 7) is 3.12. The van der Waals surface area contributed by atoms with Gasteiger partial charge in [-0.1, -0.05) is 0 Å². The smallest absolute Gasteiger partial charge is 0.251 e. The van der Waals surface area contributed by atoms with Gasteiger partial charge in [0.2, 0.25) is 20.0 Å². The van der Waals surface area contributed by atoms with Gasteiger partial charge in [-0.25, -0.2) is 16.8 Å². The van der Waals surface area contributed by atoms with Crippen LogP contribution in [0.3, 0.4) is 0 Å². The lowest BCUT2D eigenvalue weighted by molar-refractivity contribution is 0.0730. The quantitative estimate of drug-likeness (QED) is 0.457. The van der Waals surface area contributed by atoms with Gasteiger partial charge in [-0.15, -0.1) is 0 Å². The summed E-state index contributed by atoms with van der Waals surface area (Å²) in [5.41, 5.74) is 0.327. The average Bonchev–Trinajstić information content (AvgIpc) is 2.92. The molecule has 0 aromatic heterocycles. The van der Waals surface area contributed by atoms with Crippen LogP contribution in [0.25, 0.3) is 0 Å². The predicted octanol–water partition coefficient (Wildman–Crippen LogP) is 0.537. The first-order valence-corrected chi connectivity index (χ1v) is 14.4. The Balaban J connectivity index is 1.24. The first-order chi connectivity index (χ1) is 17.3. The molecule has 0 spiro atoms. The number of carbonyl (C=O) groups is 1. The third-order valence-corrected chi connectivity index (χ3v) is 9.64. The molecule has 0 aliphatic carbocycles. The Hall–Kier alpha value is -2.55. The molecule has 2 fully saturated rings. The average molecular weight is 540 g/mol. The first-order valence-electron chi connectivity index (χ1n) is 11.6. The fourth-order valence-corrected chi connectivity index (χ4v) is 6.61. The van der Waals surface area contributed by atoms with Crippen LogP contribution in [-0.2, 0) is 29.5 Å². The molecule has 0 radical (unpaired) electrons. The van der Waals surface area contributed by atoms with E-state index in [1.165, 1.54) is 45.0 Å². The predicted molar refractivity (Wildman–Crippen MR) is 130 cm³/mol. The minimum absolute atomic E-state index is 0.128. The molecule has 1 amide bonds. The molecular formula is C23H29N3O8S2. The molecule has 0 bridgehead atoms. The van der Waals surface area contributed by atoms with Crippen molar-refractivity contribution in [3.05, 3.63) is 54.1 Å². The topological polar surface area (TPSA) is 132 Å². The highest BCUT2D eigenvalue weighted by molar-refractivity contribution is 7.89. The van der Waals surface area contributed by atoms with Gasteiger partial charge in [0.15, 0.2) is 0 Å². The van der Waals surface area contributed by atoms with Crippen molar-refractivity contribution in [1.82, 2.24) is 13.9 Å². The molecule has 0 atom stereocenters. The Morgan fingerprint density at radius 3 is 1.67 bits per heavy atom. The Labute approximate surface area is 211 Å². The molecule has 13 heteroatoms. The Bertz CT molecular complexity index is 1240. The molecule has 2 aliphatic heterocycles. The van der Waals surface area contributed by atoms with Crippen LogP contribution in [0.2, 0.25) is 0 Å². The summed E-state index contributed by atoms with van der Waals surface area (Å²) in [5, 5.41) is 2.71. The zero-order valence-corrected chi connectivity index (χ0v) is 21.3. The van der Waals surface area contributed by atoms with E-state index in [4.69, 9.17) is 14.2 Å². The molecular weight excluding hydrogens is 510 g/mol. The van der Waals surface area contributed by atoms with Crippen LogP contribution in [-0.4, -0.2) is 97.1 Å². The standard InChI is InChI=1S/C23H29N3O8S2/c27-23(19-1-5-21(6-2-19)35(28,29)25-10-15-32-16-11-25)24-9-14-34-20-3-7-22(8-4-20)36(30,31)26-12-17-33-18-13-26/h1-8H,9-18H2,(H,24,27). The maximum Gasteiger partial charge on any atom is 0.251 e. The van der Waals surface area contributed by atoms with Gasteiger partial charge in [0.05, 0.1) is 42.8 Å². The van der Waals surface area contributed by atoms with E-state index in [0.29, 0.717) is 63.9 Å². The fourth-order valence-electron chi connectivity index (χ4n) is 3.79. The second kappa shape index (κ2) is 11.7. The lowest BCUT2D eigenvalue weighted by Crippen LogP contribution is -2.40. The summed E-state index contributed by atoms with van der Waals surface area (Å²) in [6, 6.07) is 11.9. The molecule has 11 nitrogen and oxygen atoms in total. The van der Waals surface area contributed by atoms with Gasteiger partial charge in [-0.3, -0.25) is 4.79 Å². The van der Waals surface area contributed by atoms with E-state index in [-0.39, 0.29) is 28.8 Å². The van der Waals surface area contributed by atoms with E-state index in [2.05, 4.69) is 5.32 Å². The molecule has 2 aromatic rings. The highest BCUT2D eigenvalue weighted by atomic mass is 32.2. The van der Waals surface area contributed by atoms with Crippen LogP contribution in [0.1, 0.15) is 10.4 Å². The third kappa shape index (κ3) is 6.22. The van der Waals surface area contributed by atoms with Crippen LogP contribution in [0.4, 0.5) is 0 Å². The van der Waals surface area contributed by atoms with Gasteiger partial charge in [0.25, 0.3) is 5.91 Å². The minimum Gasteiger partial charge on any atom is -0.492 e. The summed E-state index contributed by atoms with van der Waals surface area (Å²) in [4.78, 5) is 12.7. The molecule has 2 heterocycles. The molecule has 2 saturated heterocycles. The fraction of sp³-hybridized carbons (Fsp3) is 0.435. The number of amides is 1. The molecule has 1 N–H and O–H groups in total. The van der Waals surface area contributed by atoms with E-state index in [9.17, 15) is 21.6 Å². The van der Waals surface area contributed by atoms with Gasteiger partial charge in [0, 0.05) is 31.7 Å². The zero-order chi connectivity index (χ0) is 25.6. The normalized spacial score (nSPS) is 18.0. The van der Waals surface area contributed by atoms with E-state index < -0.39 is 20.0 Å². The Morgan fingerprint density at radius 1 is 0.750 bits per heavy atom. The zero-order valence-electron chi connectivity index (χ0n) is 19.7. The number of carbonyl (C=O) groups excluding carboxylic acids is 1. The third-order valence-electron chi connectivity index (χ3n) is 5.81.